The van der Waals surface area contributed by atoms with E-state index in [4.69, 9.17) is 23.9 Å². The summed E-state index contributed by atoms with van der Waals surface area (Å²) in [6, 6.07) is 0. The molecular formula is C28H41NO4. The molecule has 5 heteroatoms. The highest BCUT2D eigenvalue weighted by Crippen LogP contribution is 2.65. The van der Waals surface area contributed by atoms with Gasteiger partial charge in [0, 0.05) is 13.7 Å². The van der Waals surface area contributed by atoms with Crippen LogP contribution < -0.4 is 0 Å². The van der Waals surface area contributed by atoms with Gasteiger partial charge in [0.15, 0.2) is 6.29 Å². The van der Waals surface area contributed by atoms with Crippen LogP contribution >= 0.6 is 0 Å². The number of ether oxygens (including phenoxy) is 4. The van der Waals surface area contributed by atoms with Gasteiger partial charge in [-0.05, 0) is 98.4 Å². The first-order valence-corrected chi connectivity index (χ1v) is 13.5. The fourth-order valence-electron chi connectivity index (χ4n) is 8.42. The SMILES string of the molecule is COC1(OC2CCCCO2)N=C(C2=CC[C@H]3[C@@H]4CC=C5CCCC[C@]5(C)[C@H]4CC[C@]23C)CO1. The minimum absolute atomic E-state index is 0.172. The molecule has 2 aliphatic heterocycles. The molecule has 4 aliphatic carbocycles. The van der Waals surface area contributed by atoms with Gasteiger partial charge >= 0.3 is 6.10 Å². The fourth-order valence-corrected chi connectivity index (χ4v) is 8.42. The maximum Gasteiger partial charge on any atom is 0.398 e. The predicted octanol–water partition coefficient (Wildman–Crippen LogP) is 6.15. The molecule has 33 heavy (non-hydrogen) atoms. The summed E-state index contributed by atoms with van der Waals surface area (Å²) < 4.78 is 23.6. The Kier molecular flexibility index (Phi) is 5.64. The Hall–Kier alpha value is -1.01. The lowest BCUT2D eigenvalue weighted by Gasteiger charge is -2.57. The fraction of sp³-hybridized carbons (Fsp3) is 0.821. The minimum atomic E-state index is -1.36. The van der Waals surface area contributed by atoms with Gasteiger partial charge in [-0.15, -0.1) is 0 Å². The molecule has 6 rings (SSSR count). The van der Waals surface area contributed by atoms with Crippen LogP contribution in [0.25, 0.3) is 0 Å². The van der Waals surface area contributed by atoms with Crippen molar-refractivity contribution in [1.29, 1.82) is 0 Å². The van der Waals surface area contributed by atoms with Crippen molar-refractivity contribution in [3.05, 3.63) is 23.3 Å². The molecule has 5 nitrogen and oxygen atoms in total. The molecule has 0 aromatic carbocycles. The maximum absolute atomic E-state index is 6.12. The summed E-state index contributed by atoms with van der Waals surface area (Å²) in [6.07, 6.45) is 17.0. The molecule has 0 amide bonds. The van der Waals surface area contributed by atoms with Crippen LogP contribution in [0, 0.1) is 28.6 Å². The van der Waals surface area contributed by atoms with Gasteiger partial charge in [-0.2, -0.15) is 4.99 Å². The van der Waals surface area contributed by atoms with Crippen molar-refractivity contribution in [2.75, 3.05) is 20.3 Å². The van der Waals surface area contributed by atoms with Crippen LogP contribution in [-0.4, -0.2) is 38.4 Å². The summed E-state index contributed by atoms with van der Waals surface area (Å²) in [5, 5.41) is 0. The van der Waals surface area contributed by atoms with Gasteiger partial charge in [0.25, 0.3) is 0 Å². The minimum Gasteiger partial charge on any atom is -0.352 e. The van der Waals surface area contributed by atoms with Crippen LogP contribution in [0.4, 0.5) is 0 Å². The lowest BCUT2D eigenvalue weighted by atomic mass is 9.47. The van der Waals surface area contributed by atoms with E-state index in [1.54, 1.807) is 12.7 Å². The second kappa shape index (κ2) is 8.29. The zero-order valence-electron chi connectivity index (χ0n) is 20.7. The zero-order valence-corrected chi connectivity index (χ0v) is 20.7. The first-order valence-electron chi connectivity index (χ1n) is 13.5. The van der Waals surface area contributed by atoms with E-state index in [0.717, 1.165) is 49.8 Å². The van der Waals surface area contributed by atoms with Crippen molar-refractivity contribution in [2.24, 2.45) is 33.6 Å². The topological polar surface area (TPSA) is 49.3 Å². The third kappa shape index (κ3) is 3.52. The highest BCUT2D eigenvalue weighted by atomic mass is 16.9. The van der Waals surface area contributed by atoms with Gasteiger partial charge in [-0.1, -0.05) is 38.0 Å². The summed E-state index contributed by atoms with van der Waals surface area (Å²) in [4.78, 5) is 4.92. The van der Waals surface area contributed by atoms with E-state index >= 15 is 0 Å². The van der Waals surface area contributed by atoms with E-state index in [0.29, 0.717) is 17.9 Å². The second-order valence-electron chi connectivity index (χ2n) is 11.8. The van der Waals surface area contributed by atoms with Crippen LogP contribution in [0.5, 0.6) is 0 Å². The van der Waals surface area contributed by atoms with Crippen LogP contribution in [0.2, 0.25) is 0 Å². The van der Waals surface area contributed by atoms with Gasteiger partial charge in [0.05, 0.1) is 12.3 Å². The molecule has 0 aromatic heterocycles. The first kappa shape index (κ1) is 22.5. The number of nitrogens with zero attached hydrogens (tertiary/aromatic N) is 1. The predicted molar refractivity (Wildman–Crippen MR) is 128 cm³/mol. The molecule has 6 aliphatic rings. The van der Waals surface area contributed by atoms with E-state index < -0.39 is 6.10 Å². The molecule has 2 unspecified atom stereocenters. The lowest BCUT2D eigenvalue weighted by Crippen LogP contribution is -2.49. The molecule has 7 atom stereocenters. The van der Waals surface area contributed by atoms with E-state index in [1.807, 2.05) is 0 Å². The number of allylic oxidation sites excluding steroid dienone is 3. The Morgan fingerprint density at radius 1 is 0.970 bits per heavy atom. The standard InChI is InChI=1S/C28H41NO4/c1-26-15-6-4-8-19(26)10-11-20-21-12-13-23(27(21,2)16-14-22(20)26)24-18-32-28(29-24,30-3)33-25-9-5-7-17-31-25/h10,13,20-22,25H,4-9,11-12,14-18H2,1-3H3/t20-,21-,22-,25?,26-,27-,28?/m0/s1. The Morgan fingerprint density at radius 2 is 1.88 bits per heavy atom. The number of methoxy groups -OCH3 is 1. The van der Waals surface area contributed by atoms with Crippen molar-refractivity contribution in [3.63, 3.8) is 0 Å². The second-order valence-corrected chi connectivity index (χ2v) is 11.8. The van der Waals surface area contributed by atoms with E-state index in [1.165, 1.54) is 50.5 Å². The van der Waals surface area contributed by atoms with Crippen molar-refractivity contribution in [3.8, 4) is 0 Å². The van der Waals surface area contributed by atoms with Crippen LogP contribution in [0.3, 0.4) is 0 Å². The first-order chi connectivity index (χ1) is 16.0. The Labute approximate surface area is 199 Å². The van der Waals surface area contributed by atoms with Crippen LogP contribution in [0.1, 0.15) is 84.5 Å². The van der Waals surface area contributed by atoms with Crippen molar-refractivity contribution < 1.29 is 18.9 Å². The summed E-state index contributed by atoms with van der Waals surface area (Å²) >= 11 is 0. The van der Waals surface area contributed by atoms with Crippen molar-refractivity contribution in [2.45, 2.75) is 96.9 Å². The Bertz CT molecular complexity index is 873. The largest absolute Gasteiger partial charge is 0.398 e. The molecule has 0 aromatic rings. The van der Waals surface area contributed by atoms with Gasteiger partial charge in [-0.25, -0.2) is 0 Å². The number of rotatable bonds is 4. The van der Waals surface area contributed by atoms with Crippen molar-refractivity contribution >= 4 is 5.71 Å². The van der Waals surface area contributed by atoms with Gasteiger partial charge in [0.1, 0.15) is 0 Å². The quantitative estimate of drug-likeness (QED) is 0.377. The van der Waals surface area contributed by atoms with E-state index in [-0.39, 0.29) is 11.7 Å². The summed E-state index contributed by atoms with van der Waals surface area (Å²) in [5.41, 5.74) is 4.81. The highest BCUT2D eigenvalue weighted by molar-refractivity contribution is 6.03. The molecule has 0 spiro atoms. The Balaban J connectivity index is 1.23. The molecule has 182 valence electrons. The van der Waals surface area contributed by atoms with Gasteiger partial charge in [-0.3, -0.25) is 4.74 Å². The average molecular weight is 456 g/mol. The molecule has 1 saturated heterocycles. The molecule has 2 saturated carbocycles. The third-order valence-electron chi connectivity index (χ3n) is 10.2. The van der Waals surface area contributed by atoms with Gasteiger partial charge < -0.3 is 14.2 Å². The Morgan fingerprint density at radius 3 is 2.70 bits per heavy atom. The molecular weight excluding hydrogens is 414 g/mol. The molecule has 0 radical (unpaired) electrons. The smallest absolute Gasteiger partial charge is 0.352 e. The van der Waals surface area contributed by atoms with Gasteiger partial charge in [0.2, 0.25) is 0 Å². The van der Waals surface area contributed by atoms with E-state index in [2.05, 4.69) is 26.0 Å². The lowest BCUT2D eigenvalue weighted by molar-refractivity contribution is -0.400. The molecule has 0 N–H and O–H groups in total. The normalized spacial score (nSPS) is 47.2. The number of aliphatic imine (C=N–C) groups is 1. The summed E-state index contributed by atoms with van der Waals surface area (Å²) in [7, 11) is 1.62. The molecule has 2 heterocycles. The summed E-state index contributed by atoms with van der Waals surface area (Å²) in [6.45, 7) is 6.26. The molecule has 0 bridgehead atoms. The molecule has 3 fully saturated rings. The average Bonchev–Trinajstić information content (AvgIpc) is 3.40. The summed E-state index contributed by atoms with van der Waals surface area (Å²) in [5.74, 6) is 2.33. The zero-order chi connectivity index (χ0) is 22.7. The number of fused-ring (bicyclic) bond motifs is 5. The third-order valence-corrected chi connectivity index (χ3v) is 10.2. The number of hydrogen-bond acceptors (Lipinski definition) is 5. The maximum atomic E-state index is 6.12. The van der Waals surface area contributed by atoms with Crippen LogP contribution in [-0.2, 0) is 18.9 Å². The van der Waals surface area contributed by atoms with Crippen molar-refractivity contribution in [1.82, 2.24) is 0 Å². The highest BCUT2D eigenvalue weighted by Gasteiger charge is 2.57. The van der Waals surface area contributed by atoms with E-state index in [9.17, 15) is 0 Å². The van der Waals surface area contributed by atoms with Crippen LogP contribution in [0.15, 0.2) is 28.3 Å². The number of hydrogen-bond donors (Lipinski definition) is 0. The monoisotopic (exact) mass is 455 g/mol.